The summed E-state index contributed by atoms with van der Waals surface area (Å²) in [6.07, 6.45) is 1.43. The van der Waals surface area contributed by atoms with Gasteiger partial charge in [0, 0.05) is 0 Å². The predicted octanol–water partition coefficient (Wildman–Crippen LogP) is 3.92. The zero-order valence-electron chi connectivity index (χ0n) is 16.4. The average molecular weight is 476 g/mol. The number of hydrogen-bond acceptors (Lipinski definition) is 8. The number of ether oxygens (including phenoxy) is 3. The minimum atomic E-state index is -1.05. The van der Waals surface area contributed by atoms with Crippen LogP contribution in [0.15, 0.2) is 17.0 Å². The molecule has 1 aliphatic rings. The molecule has 11 heteroatoms. The van der Waals surface area contributed by atoms with Gasteiger partial charge in [0.05, 0.1) is 28.2 Å². The smallest absolute Gasteiger partial charge is 0.344 e. The van der Waals surface area contributed by atoms with E-state index in [1.165, 1.54) is 25.1 Å². The van der Waals surface area contributed by atoms with Crippen LogP contribution >= 0.6 is 35.0 Å². The van der Waals surface area contributed by atoms with Gasteiger partial charge in [0.25, 0.3) is 11.1 Å². The third-order valence-corrected chi connectivity index (χ3v) is 5.24. The molecule has 8 nitrogen and oxygen atoms in total. The van der Waals surface area contributed by atoms with Crippen molar-refractivity contribution in [2.24, 2.45) is 0 Å². The zero-order valence-corrected chi connectivity index (χ0v) is 18.7. The molecule has 0 aromatic heterocycles. The zero-order chi connectivity index (χ0) is 22.4. The molecule has 0 unspecified atom stereocenters. The lowest BCUT2D eigenvalue weighted by molar-refractivity contribution is -0.150. The maximum atomic E-state index is 12.6. The van der Waals surface area contributed by atoms with E-state index in [0.29, 0.717) is 17.3 Å². The molecule has 1 aromatic carbocycles. The average Bonchev–Trinajstić information content (AvgIpc) is 2.94. The fourth-order valence-electron chi connectivity index (χ4n) is 2.47. The van der Waals surface area contributed by atoms with Crippen LogP contribution in [-0.4, -0.2) is 53.8 Å². The van der Waals surface area contributed by atoms with Gasteiger partial charge in [-0.1, -0.05) is 23.2 Å². The van der Waals surface area contributed by atoms with Crippen LogP contribution < -0.4 is 4.74 Å². The summed E-state index contributed by atoms with van der Waals surface area (Å²) in [5, 5.41) is -0.368. The Labute approximate surface area is 187 Å². The van der Waals surface area contributed by atoms with E-state index in [4.69, 9.17) is 37.4 Å². The first-order valence-electron chi connectivity index (χ1n) is 8.90. The molecule has 1 atom stereocenters. The molecule has 0 saturated carbocycles. The molecule has 1 saturated heterocycles. The minimum Gasteiger partial charge on any atom is -0.479 e. The molecule has 1 aliphatic heterocycles. The molecule has 2 rings (SSSR count). The number of hydrogen-bond donors (Lipinski definition) is 0. The Morgan fingerprint density at radius 1 is 1.13 bits per heavy atom. The maximum Gasteiger partial charge on any atom is 0.344 e. The van der Waals surface area contributed by atoms with Gasteiger partial charge in [0.2, 0.25) is 0 Å². The van der Waals surface area contributed by atoms with E-state index in [-0.39, 0.29) is 40.5 Å². The third-order valence-electron chi connectivity index (χ3n) is 3.80. The van der Waals surface area contributed by atoms with E-state index in [2.05, 4.69) is 0 Å². The first kappa shape index (κ1) is 24.0. The Hall–Kier alpha value is -2.23. The van der Waals surface area contributed by atoms with E-state index in [9.17, 15) is 19.2 Å². The van der Waals surface area contributed by atoms with Gasteiger partial charge < -0.3 is 14.2 Å². The fraction of sp³-hybridized carbons (Fsp3) is 0.368. The number of carbonyl (C=O) groups is 4. The first-order valence-corrected chi connectivity index (χ1v) is 10.5. The Morgan fingerprint density at radius 2 is 1.73 bits per heavy atom. The number of esters is 2. The second-order valence-electron chi connectivity index (χ2n) is 5.89. The molecule has 162 valence electrons. The van der Waals surface area contributed by atoms with Crippen molar-refractivity contribution >= 4 is 64.1 Å². The molecule has 2 amide bonds. The SMILES string of the molecule is CCOC(=O)COc1c(Cl)cc(/C=C2\SC(=O)N([C@@H](C)C(=O)OCC)C2=O)cc1Cl. The van der Waals surface area contributed by atoms with Crippen molar-refractivity contribution < 1.29 is 33.4 Å². The quantitative estimate of drug-likeness (QED) is 0.411. The molecule has 1 heterocycles. The van der Waals surface area contributed by atoms with E-state index >= 15 is 0 Å². The van der Waals surface area contributed by atoms with E-state index in [1.807, 2.05) is 0 Å². The Bertz CT molecular complexity index is 880. The number of nitrogens with zero attached hydrogens (tertiary/aromatic N) is 1. The van der Waals surface area contributed by atoms with Crippen LogP contribution in [0.4, 0.5) is 4.79 Å². The second-order valence-corrected chi connectivity index (χ2v) is 7.69. The van der Waals surface area contributed by atoms with Crippen molar-refractivity contribution in [1.82, 2.24) is 4.90 Å². The van der Waals surface area contributed by atoms with Crippen molar-refractivity contribution in [3.8, 4) is 5.75 Å². The summed E-state index contributed by atoms with van der Waals surface area (Å²) in [5.41, 5.74) is 0.433. The van der Waals surface area contributed by atoms with Crippen LogP contribution in [0, 0.1) is 0 Å². The largest absolute Gasteiger partial charge is 0.479 e. The van der Waals surface area contributed by atoms with Crippen molar-refractivity contribution in [3.05, 3.63) is 32.6 Å². The number of benzene rings is 1. The van der Waals surface area contributed by atoms with Crippen LogP contribution in [0.2, 0.25) is 10.0 Å². The molecule has 30 heavy (non-hydrogen) atoms. The topological polar surface area (TPSA) is 99.2 Å². The predicted molar refractivity (Wildman–Crippen MR) is 112 cm³/mol. The summed E-state index contributed by atoms with van der Waals surface area (Å²) < 4.78 is 14.9. The highest BCUT2D eigenvalue weighted by molar-refractivity contribution is 8.18. The van der Waals surface area contributed by atoms with Gasteiger partial charge in [0.1, 0.15) is 6.04 Å². The number of carbonyl (C=O) groups excluding carboxylic acids is 4. The van der Waals surface area contributed by atoms with Crippen LogP contribution in [0.1, 0.15) is 26.3 Å². The monoisotopic (exact) mass is 475 g/mol. The summed E-state index contributed by atoms with van der Waals surface area (Å²) in [7, 11) is 0. The Kier molecular flexibility index (Phi) is 8.57. The van der Waals surface area contributed by atoms with Gasteiger partial charge in [-0.2, -0.15) is 0 Å². The van der Waals surface area contributed by atoms with Crippen molar-refractivity contribution in [2.45, 2.75) is 26.8 Å². The number of imide groups is 1. The van der Waals surface area contributed by atoms with Gasteiger partial charge in [-0.05, 0) is 56.3 Å². The van der Waals surface area contributed by atoms with Crippen LogP contribution in [0.25, 0.3) is 6.08 Å². The molecule has 0 spiro atoms. The van der Waals surface area contributed by atoms with Gasteiger partial charge in [-0.3, -0.25) is 14.5 Å². The summed E-state index contributed by atoms with van der Waals surface area (Å²) in [6, 6.07) is 1.89. The standard InChI is InChI=1S/C19H19Cl2NO7S/c1-4-27-15(23)9-29-16-12(20)6-11(7-13(16)21)8-14-17(24)22(19(26)30-14)10(3)18(25)28-5-2/h6-8,10H,4-5,9H2,1-3H3/b14-8-/t10-/m0/s1. The Morgan fingerprint density at radius 3 is 2.30 bits per heavy atom. The number of amides is 2. The molecule has 0 N–H and O–H groups in total. The van der Waals surface area contributed by atoms with E-state index in [0.717, 1.165) is 4.90 Å². The number of halogens is 2. The fourth-order valence-corrected chi connectivity index (χ4v) is 3.99. The number of rotatable bonds is 8. The molecule has 0 radical (unpaired) electrons. The maximum absolute atomic E-state index is 12.6. The summed E-state index contributed by atoms with van der Waals surface area (Å²) in [4.78, 5) is 49.1. The molecule has 0 aliphatic carbocycles. The van der Waals surface area contributed by atoms with Gasteiger partial charge in [-0.15, -0.1) is 0 Å². The van der Waals surface area contributed by atoms with E-state index in [1.54, 1.807) is 13.8 Å². The molecular weight excluding hydrogens is 457 g/mol. The molecule has 1 fully saturated rings. The van der Waals surface area contributed by atoms with Crippen LogP contribution in [0.3, 0.4) is 0 Å². The van der Waals surface area contributed by atoms with E-state index < -0.39 is 29.1 Å². The lowest BCUT2D eigenvalue weighted by Crippen LogP contribution is -2.42. The van der Waals surface area contributed by atoms with Crippen molar-refractivity contribution in [1.29, 1.82) is 0 Å². The van der Waals surface area contributed by atoms with Gasteiger partial charge >= 0.3 is 11.9 Å². The first-order chi connectivity index (χ1) is 14.2. The highest BCUT2D eigenvalue weighted by Crippen LogP contribution is 2.38. The highest BCUT2D eigenvalue weighted by Gasteiger charge is 2.41. The number of thioether (sulfide) groups is 1. The normalized spacial score (nSPS) is 16.0. The van der Waals surface area contributed by atoms with Crippen LogP contribution in [-0.2, 0) is 23.9 Å². The summed E-state index contributed by atoms with van der Waals surface area (Å²) in [5.74, 6) is -1.78. The minimum absolute atomic E-state index is 0.0903. The van der Waals surface area contributed by atoms with Crippen molar-refractivity contribution in [2.75, 3.05) is 19.8 Å². The summed E-state index contributed by atoms with van der Waals surface area (Å²) >= 11 is 13.0. The molecule has 0 bridgehead atoms. The third kappa shape index (κ3) is 5.68. The summed E-state index contributed by atoms with van der Waals surface area (Å²) in [6.45, 7) is 4.70. The van der Waals surface area contributed by atoms with Crippen molar-refractivity contribution in [3.63, 3.8) is 0 Å². The lowest BCUT2D eigenvalue weighted by atomic mass is 10.2. The second kappa shape index (κ2) is 10.7. The van der Waals surface area contributed by atoms with Gasteiger partial charge in [0.15, 0.2) is 12.4 Å². The molecular formula is C19H19Cl2NO7S. The van der Waals surface area contributed by atoms with Gasteiger partial charge in [-0.25, -0.2) is 9.59 Å². The van der Waals surface area contributed by atoms with Crippen LogP contribution in [0.5, 0.6) is 5.75 Å². The Balaban J connectivity index is 2.20. The molecule has 1 aromatic rings. The lowest BCUT2D eigenvalue weighted by Gasteiger charge is -2.19. The highest BCUT2D eigenvalue weighted by atomic mass is 35.5.